The highest BCUT2D eigenvalue weighted by Crippen LogP contribution is 2.44. The molecule has 178 valence electrons. The number of hydrogen-bond acceptors (Lipinski definition) is 8. The number of nitriles is 1. The predicted octanol–water partition coefficient (Wildman–Crippen LogP) is 3.17. The van der Waals surface area contributed by atoms with Gasteiger partial charge in [-0.15, -0.1) is 0 Å². The number of rotatable bonds is 5. The summed E-state index contributed by atoms with van der Waals surface area (Å²) in [5.41, 5.74) is 8.38. The van der Waals surface area contributed by atoms with Gasteiger partial charge in [-0.25, -0.2) is 0 Å². The van der Waals surface area contributed by atoms with Gasteiger partial charge in [0, 0.05) is 17.3 Å². The van der Waals surface area contributed by atoms with Crippen LogP contribution in [-0.2, 0) is 6.54 Å². The first-order valence-corrected chi connectivity index (χ1v) is 10.9. The van der Waals surface area contributed by atoms with Crippen molar-refractivity contribution in [2.24, 2.45) is 5.73 Å². The summed E-state index contributed by atoms with van der Waals surface area (Å²) < 4.78 is 29.2. The number of allylic oxidation sites excluding steroid dienone is 1. The highest BCUT2D eigenvalue weighted by molar-refractivity contribution is 5.59. The van der Waals surface area contributed by atoms with Gasteiger partial charge >= 0.3 is 0 Å². The van der Waals surface area contributed by atoms with E-state index < -0.39 is 5.92 Å². The Bertz CT molecular complexity index is 1470. The maximum absolute atomic E-state index is 14.0. The first kappa shape index (κ1) is 22.2. The summed E-state index contributed by atoms with van der Waals surface area (Å²) >= 11 is 0. The van der Waals surface area contributed by atoms with Crippen LogP contribution in [0.5, 0.6) is 28.7 Å². The number of aryl methyl sites for hydroxylation is 1. The second-order valence-electron chi connectivity index (χ2n) is 8.18. The minimum atomic E-state index is -0.801. The summed E-state index contributed by atoms with van der Waals surface area (Å²) in [6.45, 7) is 2.28. The lowest BCUT2D eigenvalue weighted by molar-refractivity contribution is 0.174. The van der Waals surface area contributed by atoms with Gasteiger partial charge in [0.15, 0.2) is 11.5 Å². The first-order valence-electron chi connectivity index (χ1n) is 10.9. The van der Waals surface area contributed by atoms with Gasteiger partial charge in [-0.1, -0.05) is 6.07 Å². The molecule has 1 aromatic heterocycles. The molecule has 0 saturated carbocycles. The molecule has 0 unspecified atom stereocenters. The molecule has 3 heterocycles. The molecule has 0 fully saturated rings. The molecule has 0 saturated heterocycles. The number of methoxy groups -OCH3 is 2. The van der Waals surface area contributed by atoms with E-state index >= 15 is 0 Å². The Balaban J connectivity index is 1.69. The fourth-order valence-corrected chi connectivity index (χ4v) is 4.48. The fraction of sp³-hybridized carbons (Fsp3) is 0.231. The van der Waals surface area contributed by atoms with Crippen LogP contribution in [-0.4, -0.2) is 25.6 Å². The van der Waals surface area contributed by atoms with Crippen LogP contribution >= 0.6 is 0 Å². The summed E-state index contributed by atoms with van der Waals surface area (Å²) in [5, 5.41) is 9.97. The molecule has 9 heteroatoms. The monoisotopic (exact) mass is 473 g/mol. The Morgan fingerprint density at radius 2 is 1.89 bits per heavy atom. The standard InChI is InChI=1S/C26H23N3O6/c1-14-8-22-24(26(30)29(14)12-15-4-6-20-21(9-15)34-13-33-20)23(18(11-27)25(28)35-22)17-10-16(31-2)5-7-19(17)32-3/h4-10,23H,12-13,28H2,1-3H3/t23-/m1/s1. The normalized spacial score (nSPS) is 15.8. The van der Waals surface area contributed by atoms with Gasteiger partial charge in [0.05, 0.1) is 32.2 Å². The molecule has 0 aliphatic carbocycles. The van der Waals surface area contributed by atoms with E-state index in [-0.39, 0.29) is 30.4 Å². The van der Waals surface area contributed by atoms with Crippen molar-refractivity contribution in [1.82, 2.24) is 4.57 Å². The van der Waals surface area contributed by atoms with E-state index in [4.69, 9.17) is 29.4 Å². The first-order chi connectivity index (χ1) is 16.9. The van der Waals surface area contributed by atoms with Crippen molar-refractivity contribution in [1.29, 1.82) is 5.26 Å². The van der Waals surface area contributed by atoms with E-state index in [9.17, 15) is 10.1 Å². The summed E-state index contributed by atoms with van der Waals surface area (Å²) in [5.74, 6) is 1.80. The molecule has 2 aliphatic rings. The van der Waals surface area contributed by atoms with Gasteiger partial charge in [-0.05, 0) is 42.8 Å². The van der Waals surface area contributed by atoms with E-state index in [2.05, 4.69) is 6.07 Å². The molecule has 0 radical (unpaired) electrons. The van der Waals surface area contributed by atoms with E-state index in [1.807, 2.05) is 25.1 Å². The summed E-state index contributed by atoms with van der Waals surface area (Å²) in [7, 11) is 3.07. The number of pyridine rings is 1. The van der Waals surface area contributed by atoms with E-state index in [0.717, 1.165) is 5.56 Å². The van der Waals surface area contributed by atoms with Crippen molar-refractivity contribution in [3.63, 3.8) is 0 Å². The van der Waals surface area contributed by atoms with Crippen LogP contribution in [0, 0.1) is 18.3 Å². The summed E-state index contributed by atoms with van der Waals surface area (Å²) in [6.07, 6.45) is 0. The molecule has 9 nitrogen and oxygen atoms in total. The minimum absolute atomic E-state index is 0.0535. The lowest BCUT2D eigenvalue weighted by atomic mass is 9.83. The number of ether oxygens (including phenoxy) is 5. The van der Waals surface area contributed by atoms with Gasteiger partial charge < -0.3 is 34.0 Å². The number of aromatic nitrogens is 1. The average molecular weight is 473 g/mol. The molecular formula is C26H23N3O6. The van der Waals surface area contributed by atoms with Crippen LogP contribution < -0.4 is 35.0 Å². The van der Waals surface area contributed by atoms with Crippen LogP contribution in [0.2, 0.25) is 0 Å². The van der Waals surface area contributed by atoms with Crippen LogP contribution in [0.1, 0.15) is 28.3 Å². The lowest BCUT2D eigenvalue weighted by Gasteiger charge is -2.28. The third-order valence-electron chi connectivity index (χ3n) is 6.22. The Morgan fingerprint density at radius 3 is 2.63 bits per heavy atom. The van der Waals surface area contributed by atoms with Crippen LogP contribution in [0.3, 0.4) is 0 Å². The highest BCUT2D eigenvalue weighted by Gasteiger charge is 2.36. The molecule has 3 aromatic rings. The molecule has 0 spiro atoms. The Labute approximate surface area is 201 Å². The molecule has 35 heavy (non-hydrogen) atoms. The van der Waals surface area contributed by atoms with Crippen molar-refractivity contribution in [3.8, 4) is 34.8 Å². The zero-order chi connectivity index (χ0) is 24.7. The number of benzene rings is 2. The van der Waals surface area contributed by atoms with Gasteiger partial charge in [0.2, 0.25) is 12.7 Å². The van der Waals surface area contributed by atoms with Crippen molar-refractivity contribution in [3.05, 3.63) is 86.7 Å². The SMILES string of the molecule is COc1ccc(OC)c([C@@H]2C(C#N)=C(N)Oc3cc(C)n(Cc4ccc5c(c4)OCO5)c(=O)c32)c1. The summed E-state index contributed by atoms with van der Waals surface area (Å²) in [4.78, 5) is 14.0. The van der Waals surface area contributed by atoms with Crippen LogP contribution in [0.25, 0.3) is 0 Å². The molecular weight excluding hydrogens is 450 g/mol. The molecule has 5 rings (SSSR count). The molecule has 2 aromatic carbocycles. The largest absolute Gasteiger partial charge is 0.497 e. The maximum Gasteiger partial charge on any atom is 0.259 e. The van der Waals surface area contributed by atoms with Crippen molar-refractivity contribution in [2.75, 3.05) is 21.0 Å². The Hall–Kier alpha value is -4.58. The topological polar surface area (TPSA) is 118 Å². The molecule has 2 N–H and O–H groups in total. The van der Waals surface area contributed by atoms with E-state index in [1.54, 1.807) is 35.9 Å². The zero-order valence-corrected chi connectivity index (χ0v) is 19.5. The van der Waals surface area contributed by atoms with Crippen LogP contribution in [0.15, 0.2) is 58.7 Å². The third kappa shape index (κ3) is 3.69. The smallest absolute Gasteiger partial charge is 0.259 e. The second kappa shape index (κ2) is 8.65. The number of hydrogen-bond donors (Lipinski definition) is 1. The zero-order valence-electron chi connectivity index (χ0n) is 19.5. The van der Waals surface area contributed by atoms with Gasteiger partial charge in [0.1, 0.15) is 28.9 Å². The molecule has 0 amide bonds. The van der Waals surface area contributed by atoms with Gasteiger partial charge in [-0.3, -0.25) is 4.79 Å². The maximum atomic E-state index is 14.0. The van der Waals surface area contributed by atoms with Crippen molar-refractivity contribution < 1.29 is 23.7 Å². The molecule has 0 bridgehead atoms. The minimum Gasteiger partial charge on any atom is -0.497 e. The van der Waals surface area contributed by atoms with Gasteiger partial charge in [-0.2, -0.15) is 5.26 Å². The Kier molecular flexibility index (Phi) is 5.49. The van der Waals surface area contributed by atoms with E-state index in [0.29, 0.717) is 45.6 Å². The third-order valence-corrected chi connectivity index (χ3v) is 6.22. The average Bonchev–Trinajstić information content (AvgIpc) is 3.33. The number of nitrogens with zero attached hydrogens (tertiary/aromatic N) is 2. The molecule has 2 aliphatic heterocycles. The second-order valence-corrected chi connectivity index (χ2v) is 8.18. The van der Waals surface area contributed by atoms with Crippen LogP contribution in [0.4, 0.5) is 0 Å². The summed E-state index contributed by atoms with van der Waals surface area (Å²) in [6, 6.07) is 14.7. The number of fused-ring (bicyclic) bond motifs is 2. The van der Waals surface area contributed by atoms with Gasteiger partial charge in [0.25, 0.3) is 5.56 Å². The van der Waals surface area contributed by atoms with Crippen molar-refractivity contribution >= 4 is 0 Å². The van der Waals surface area contributed by atoms with E-state index in [1.165, 1.54) is 7.11 Å². The predicted molar refractivity (Wildman–Crippen MR) is 126 cm³/mol. The number of nitrogens with two attached hydrogens (primary N) is 1. The fourth-order valence-electron chi connectivity index (χ4n) is 4.48. The Morgan fingerprint density at radius 1 is 1.09 bits per heavy atom. The lowest BCUT2D eigenvalue weighted by Crippen LogP contribution is -2.33. The molecule has 1 atom stereocenters. The highest BCUT2D eigenvalue weighted by atomic mass is 16.7. The quantitative estimate of drug-likeness (QED) is 0.600. The van der Waals surface area contributed by atoms with Crippen molar-refractivity contribution in [2.45, 2.75) is 19.4 Å².